The van der Waals surface area contributed by atoms with Crippen LogP contribution in [-0.4, -0.2) is 35.8 Å². The van der Waals surface area contributed by atoms with Gasteiger partial charge in [0.25, 0.3) is 0 Å². The van der Waals surface area contributed by atoms with Crippen molar-refractivity contribution < 1.29 is 18.8 Å². The molecular weight excluding hydrogens is 395 g/mol. The first-order chi connectivity index (χ1) is 11.8. The summed E-state index contributed by atoms with van der Waals surface area (Å²) < 4.78 is 14.5. The topological polar surface area (TPSA) is 95.7 Å². The Labute approximate surface area is 153 Å². The van der Waals surface area contributed by atoms with Gasteiger partial charge >= 0.3 is 6.03 Å². The van der Waals surface area contributed by atoms with Crippen LogP contribution in [0.5, 0.6) is 0 Å². The van der Waals surface area contributed by atoms with E-state index in [0.717, 1.165) is 0 Å². The van der Waals surface area contributed by atoms with Crippen molar-refractivity contribution in [2.75, 3.05) is 18.1 Å². The molecule has 0 saturated carbocycles. The molecular formula is C16H20BrFN4O3. The van der Waals surface area contributed by atoms with Crippen LogP contribution in [0.15, 0.2) is 22.7 Å². The predicted molar refractivity (Wildman–Crippen MR) is 93.9 cm³/mol. The zero-order chi connectivity index (χ0) is 18.6. The third-order valence-electron chi connectivity index (χ3n) is 4.02. The number of nitrogens with one attached hydrogen (secondary N) is 1. The van der Waals surface area contributed by atoms with Gasteiger partial charge in [0, 0.05) is 30.4 Å². The highest BCUT2D eigenvalue weighted by molar-refractivity contribution is 9.10. The molecule has 0 spiro atoms. The predicted octanol–water partition coefficient (Wildman–Crippen LogP) is 2.15. The molecule has 1 heterocycles. The smallest absolute Gasteiger partial charge is 0.338 e. The zero-order valence-corrected chi connectivity index (χ0v) is 15.4. The standard InChI is InChI=1S/C16H20BrFN4O3/c1-2-15(24)21-6-5-10(9-21)7-14(23)20-22(16(19)25)13-4-3-11(17)8-12(13)18/h3-4,8,10H,2,5-7,9H2,1H3,(H2,19,25)(H,20,23)/t10-/m0/s1. The summed E-state index contributed by atoms with van der Waals surface area (Å²) in [7, 11) is 0. The lowest BCUT2D eigenvalue weighted by molar-refractivity contribution is -0.130. The van der Waals surface area contributed by atoms with Gasteiger partial charge in [-0.05, 0) is 30.5 Å². The number of nitrogens with two attached hydrogens (primary N) is 1. The molecule has 0 bridgehead atoms. The van der Waals surface area contributed by atoms with Crippen LogP contribution in [0, 0.1) is 11.7 Å². The van der Waals surface area contributed by atoms with E-state index in [1.807, 2.05) is 0 Å². The van der Waals surface area contributed by atoms with E-state index in [9.17, 15) is 18.8 Å². The molecule has 1 atom stereocenters. The SMILES string of the molecule is CCC(=O)N1CC[C@@H](CC(=O)NN(C(N)=O)c2ccc(Br)cc2F)C1. The summed E-state index contributed by atoms with van der Waals surface area (Å²) in [6.45, 7) is 2.91. The number of carbonyl (C=O) groups excluding carboxylic acids is 3. The first kappa shape index (κ1) is 19.2. The molecule has 9 heteroatoms. The first-order valence-electron chi connectivity index (χ1n) is 7.93. The molecule has 1 aliphatic rings. The second-order valence-corrected chi connectivity index (χ2v) is 6.77. The number of hydrogen-bond donors (Lipinski definition) is 2. The molecule has 0 unspecified atom stereocenters. The summed E-state index contributed by atoms with van der Waals surface area (Å²) in [5, 5.41) is 0.689. The number of urea groups is 1. The fraction of sp³-hybridized carbons (Fsp3) is 0.438. The van der Waals surface area contributed by atoms with Crippen LogP contribution >= 0.6 is 15.9 Å². The van der Waals surface area contributed by atoms with Crippen molar-refractivity contribution in [1.29, 1.82) is 0 Å². The minimum Gasteiger partial charge on any atom is -0.350 e. The highest BCUT2D eigenvalue weighted by atomic mass is 79.9. The molecule has 1 aromatic carbocycles. The number of hydrogen-bond acceptors (Lipinski definition) is 3. The van der Waals surface area contributed by atoms with Crippen molar-refractivity contribution in [3.63, 3.8) is 0 Å². The van der Waals surface area contributed by atoms with E-state index in [0.29, 0.717) is 35.4 Å². The molecule has 4 amide bonds. The number of halogens is 2. The maximum atomic E-state index is 14.0. The largest absolute Gasteiger partial charge is 0.350 e. The van der Waals surface area contributed by atoms with Crippen LogP contribution in [0.25, 0.3) is 0 Å². The highest BCUT2D eigenvalue weighted by Gasteiger charge is 2.28. The minimum atomic E-state index is -0.996. The number of amides is 4. The Balaban J connectivity index is 1.99. The molecule has 25 heavy (non-hydrogen) atoms. The van der Waals surface area contributed by atoms with E-state index in [-0.39, 0.29) is 23.9 Å². The molecule has 0 aromatic heterocycles. The van der Waals surface area contributed by atoms with Crippen molar-refractivity contribution >= 4 is 39.5 Å². The van der Waals surface area contributed by atoms with Gasteiger partial charge in [0.15, 0.2) is 0 Å². The van der Waals surface area contributed by atoms with Crippen molar-refractivity contribution in [2.45, 2.75) is 26.2 Å². The van der Waals surface area contributed by atoms with Crippen molar-refractivity contribution in [1.82, 2.24) is 10.3 Å². The first-order valence-corrected chi connectivity index (χ1v) is 8.73. The van der Waals surface area contributed by atoms with Crippen molar-refractivity contribution in [3.05, 3.63) is 28.5 Å². The molecule has 7 nitrogen and oxygen atoms in total. The quantitative estimate of drug-likeness (QED) is 0.738. The van der Waals surface area contributed by atoms with E-state index < -0.39 is 17.8 Å². The molecule has 1 aromatic rings. The van der Waals surface area contributed by atoms with Crippen LogP contribution in [0.3, 0.4) is 0 Å². The summed E-state index contributed by atoms with van der Waals surface area (Å²) in [4.78, 5) is 37.2. The zero-order valence-electron chi connectivity index (χ0n) is 13.8. The minimum absolute atomic E-state index is 0.00000808. The lowest BCUT2D eigenvalue weighted by Crippen LogP contribution is -2.50. The Hall–Kier alpha value is -2.16. The highest BCUT2D eigenvalue weighted by Crippen LogP contribution is 2.23. The number of hydrazine groups is 1. The summed E-state index contributed by atoms with van der Waals surface area (Å²) in [6, 6.07) is 3.04. The van der Waals surface area contributed by atoms with Gasteiger partial charge in [-0.25, -0.2) is 14.2 Å². The Morgan fingerprint density at radius 2 is 2.16 bits per heavy atom. The van der Waals surface area contributed by atoms with Gasteiger partial charge in [0.05, 0.1) is 0 Å². The lowest BCUT2D eigenvalue weighted by Gasteiger charge is -2.22. The van der Waals surface area contributed by atoms with E-state index in [2.05, 4.69) is 21.4 Å². The summed E-state index contributed by atoms with van der Waals surface area (Å²) in [5.41, 5.74) is 7.45. The van der Waals surface area contributed by atoms with Gasteiger partial charge in [-0.2, -0.15) is 0 Å². The van der Waals surface area contributed by atoms with Gasteiger partial charge < -0.3 is 10.6 Å². The van der Waals surface area contributed by atoms with Crippen LogP contribution in [-0.2, 0) is 9.59 Å². The fourth-order valence-electron chi connectivity index (χ4n) is 2.78. The molecule has 2 rings (SSSR count). The van der Waals surface area contributed by atoms with Crippen LogP contribution in [0.2, 0.25) is 0 Å². The number of benzene rings is 1. The van der Waals surface area contributed by atoms with E-state index in [4.69, 9.17) is 5.73 Å². The molecule has 1 saturated heterocycles. The monoisotopic (exact) mass is 414 g/mol. The van der Waals surface area contributed by atoms with E-state index in [1.165, 1.54) is 18.2 Å². The van der Waals surface area contributed by atoms with E-state index >= 15 is 0 Å². The summed E-state index contributed by atoms with van der Waals surface area (Å²) in [6.07, 6.45) is 1.26. The van der Waals surface area contributed by atoms with E-state index in [1.54, 1.807) is 11.8 Å². The number of primary amides is 1. The average molecular weight is 415 g/mol. The Morgan fingerprint density at radius 1 is 1.44 bits per heavy atom. The molecule has 136 valence electrons. The van der Waals surface area contributed by atoms with Crippen LogP contribution in [0.1, 0.15) is 26.2 Å². The maximum absolute atomic E-state index is 14.0. The summed E-state index contributed by atoms with van der Waals surface area (Å²) >= 11 is 3.12. The third kappa shape index (κ3) is 4.91. The van der Waals surface area contributed by atoms with Crippen molar-refractivity contribution in [3.8, 4) is 0 Å². The maximum Gasteiger partial charge on any atom is 0.338 e. The molecule has 3 N–H and O–H groups in total. The Kier molecular flexibility index (Phi) is 6.35. The lowest BCUT2D eigenvalue weighted by atomic mass is 10.1. The van der Waals surface area contributed by atoms with Gasteiger partial charge in [0.2, 0.25) is 11.8 Å². The molecule has 1 fully saturated rings. The van der Waals surface area contributed by atoms with Crippen molar-refractivity contribution in [2.24, 2.45) is 11.7 Å². The number of nitrogens with zero attached hydrogens (tertiary/aromatic N) is 2. The van der Waals surface area contributed by atoms with Crippen LogP contribution in [0.4, 0.5) is 14.9 Å². The normalized spacial score (nSPS) is 16.6. The van der Waals surface area contributed by atoms with Crippen LogP contribution < -0.4 is 16.2 Å². The second kappa shape index (κ2) is 8.28. The molecule has 0 radical (unpaired) electrons. The second-order valence-electron chi connectivity index (χ2n) is 5.86. The van der Waals surface area contributed by atoms with Gasteiger partial charge in [0.1, 0.15) is 11.5 Å². The number of anilines is 1. The third-order valence-corrected chi connectivity index (χ3v) is 4.52. The van der Waals surface area contributed by atoms with Gasteiger partial charge in [-0.1, -0.05) is 22.9 Å². The Morgan fingerprint density at radius 3 is 2.76 bits per heavy atom. The van der Waals surface area contributed by atoms with Gasteiger partial charge in [-0.15, -0.1) is 0 Å². The fourth-order valence-corrected chi connectivity index (χ4v) is 3.11. The average Bonchev–Trinajstić information content (AvgIpc) is 3.00. The van der Waals surface area contributed by atoms with Gasteiger partial charge in [-0.3, -0.25) is 15.0 Å². The molecule has 1 aliphatic heterocycles. The Bertz CT molecular complexity index is 685. The number of carbonyl (C=O) groups is 3. The molecule has 0 aliphatic carbocycles. The summed E-state index contributed by atoms with van der Waals surface area (Å²) in [5.74, 6) is -1.11. The number of likely N-dealkylation sites (tertiary alicyclic amines) is 1. The number of rotatable bonds is 4.